The maximum Gasteiger partial charge on any atom is 0.258 e. The standard InChI is InChI=1S/C24H26ClN3O3S/c1-18-17-27(14-3-5-19-8-10-20(25)11-9-19)24(29)21-6-2-7-22(23(18)21)32(30,31)28-15-4-12-26-13-16-28/h2-3,5-11,17,26H,4,12-16H2,1H3/b5-3+. The number of pyridine rings is 1. The van der Waals surface area contributed by atoms with E-state index in [-0.39, 0.29) is 10.5 Å². The van der Waals surface area contributed by atoms with Crippen molar-refractivity contribution in [3.8, 4) is 0 Å². The second-order valence-electron chi connectivity index (χ2n) is 7.91. The zero-order valence-corrected chi connectivity index (χ0v) is 19.5. The molecule has 2 heterocycles. The molecule has 0 atom stereocenters. The molecule has 4 rings (SSSR count). The van der Waals surface area contributed by atoms with E-state index >= 15 is 0 Å². The SMILES string of the molecule is Cc1cn(C/C=C/c2ccc(Cl)cc2)c(=O)c2cccc(S(=O)(=O)N3CCCNCC3)c12. The quantitative estimate of drug-likeness (QED) is 0.616. The van der Waals surface area contributed by atoms with Crippen LogP contribution in [0.4, 0.5) is 0 Å². The number of nitrogens with zero attached hydrogens (tertiary/aromatic N) is 2. The summed E-state index contributed by atoms with van der Waals surface area (Å²) < 4.78 is 30.0. The number of allylic oxidation sites excluding steroid dienone is 1. The monoisotopic (exact) mass is 471 g/mol. The molecule has 168 valence electrons. The minimum atomic E-state index is -3.70. The van der Waals surface area contributed by atoms with Gasteiger partial charge in [0.25, 0.3) is 5.56 Å². The van der Waals surface area contributed by atoms with Crippen LogP contribution in [0.15, 0.2) is 64.4 Å². The number of hydrogen-bond donors (Lipinski definition) is 1. The molecule has 0 bridgehead atoms. The van der Waals surface area contributed by atoms with Crippen molar-refractivity contribution < 1.29 is 8.42 Å². The van der Waals surface area contributed by atoms with Gasteiger partial charge in [0.1, 0.15) is 0 Å². The number of halogens is 1. The predicted octanol–water partition coefficient (Wildman–Crippen LogP) is 3.66. The van der Waals surface area contributed by atoms with Crippen LogP contribution in [0.5, 0.6) is 0 Å². The summed E-state index contributed by atoms with van der Waals surface area (Å²) >= 11 is 5.92. The summed E-state index contributed by atoms with van der Waals surface area (Å²) in [7, 11) is -3.70. The summed E-state index contributed by atoms with van der Waals surface area (Å²) in [6.07, 6.45) is 6.33. The van der Waals surface area contributed by atoms with Crippen LogP contribution in [0, 0.1) is 6.92 Å². The second-order valence-corrected chi connectivity index (χ2v) is 10.3. The molecule has 0 unspecified atom stereocenters. The third kappa shape index (κ3) is 4.66. The molecule has 1 aliphatic rings. The molecule has 1 aromatic heterocycles. The largest absolute Gasteiger partial charge is 0.315 e. The first-order valence-electron chi connectivity index (χ1n) is 10.6. The molecular weight excluding hydrogens is 446 g/mol. The average Bonchev–Trinajstić information content (AvgIpc) is 3.08. The summed E-state index contributed by atoms with van der Waals surface area (Å²) in [5.74, 6) is 0. The highest BCUT2D eigenvalue weighted by atomic mass is 35.5. The number of sulfonamides is 1. The number of fused-ring (bicyclic) bond motifs is 1. The summed E-state index contributed by atoms with van der Waals surface area (Å²) in [4.78, 5) is 13.4. The Bertz CT molecular complexity index is 1310. The van der Waals surface area contributed by atoms with Gasteiger partial charge < -0.3 is 9.88 Å². The lowest BCUT2D eigenvalue weighted by atomic mass is 10.1. The zero-order valence-electron chi connectivity index (χ0n) is 17.9. The van der Waals surface area contributed by atoms with Crippen molar-refractivity contribution in [3.05, 3.63) is 81.2 Å². The van der Waals surface area contributed by atoms with Gasteiger partial charge in [0.15, 0.2) is 0 Å². The minimum Gasteiger partial charge on any atom is -0.315 e. The van der Waals surface area contributed by atoms with E-state index in [9.17, 15) is 13.2 Å². The molecule has 1 saturated heterocycles. The van der Waals surface area contributed by atoms with Crippen LogP contribution in [0.1, 0.15) is 17.5 Å². The lowest BCUT2D eigenvalue weighted by Crippen LogP contribution is -2.34. The molecule has 0 aliphatic carbocycles. The Labute approximate surface area is 193 Å². The molecule has 0 amide bonds. The van der Waals surface area contributed by atoms with Crippen LogP contribution in [-0.2, 0) is 16.6 Å². The maximum absolute atomic E-state index is 13.4. The Morgan fingerprint density at radius 2 is 1.88 bits per heavy atom. The third-order valence-corrected chi connectivity index (χ3v) is 7.85. The molecule has 8 heteroatoms. The van der Waals surface area contributed by atoms with Gasteiger partial charge in [-0.25, -0.2) is 8.42 Å². The smallest absolute Gasteiger partial charge is 0.258 e. The zero-order chi connectivity index (χ0) is 22.7. The molecule has 0 spiro atoms. The van der Waals surface area contributed by atoms with E-state index in [0.717, 1.165) is 24.1 Å². The van der Waals surface area contributed by atoms with Gasteiger partial charge in [-0.3, -0.25) is 4.79 Å². The highest BCUT2D eigenvalue weighted by Crippen LogP contribution is 2.27. The van der Waals surface area contributed by atoms with Crippen LogP contribution in [0.3, 0.4) is 0 Å². The fourth-order valence-corrected chi connectivity index (χ4v) is 5.94. The third-order valence-electron chi connectivity index (χ3n) is 5.66. The lowest BCUT2D eigenvalue weighted by molar-refractivity contribution is 0.432. The van der Waals surface area contributed by atoms with Crippen LogP contribution >= 0.6 is 11.6 Å². The van der Waals surface area contributed by atoms with E-state index in [2.05, 4.69) is 5.32 Å². The molecule has 1 fully saturated rings. The Morgan fingerprint density at radius 1 is 1.09 bits per heavy atom. The summed E-state index contributed by atoms with van der Waals surface area (Å²) in [6, 6.07) is 12.4. The molecule has 3 aromatic rings. The van der Waals surface area contributed by atoms with Crippen LogP contribution in [-0.4, -0.2) is 43.5 Å². The van der Waals surface area contributed by atoms with Gasteiger partial charge in [-0.1, -0.05) is 42.0 Å². The minimum absolute atomic E-state index is 0.204. The fraction of sp³-hybridized carbons (Fsp3) is 0.292. The molecular formula is C24H26ClN3O3S. The number of benzene rings is 2. The average molecular weight is 472 g/mol. The number of aromatic nitrogens is 1. The Morgan fingerprint density at radius 3 is 2.66 bits per heavy atom. The number of nitrogens with one attached hydrogen (secondary N) is 1. The summed E-state index contributed by atoms with van der Waals surface area (Å²) in [5, 5.41) is 4.82. The van der Waals surface area contributed by atoms with Crippen molar-refractivity contribution in [2.45, 2.75) is 24.8 Å². The second kappa shape index (κ2) is 9.58. The van der Waals surface area contributed by atoms with E-state index in [0.29, 0.717) is 42.0 Å². The van der Waals surface area contributed by atoms with E-state index in [1.165, 1.54) is 4.31 Å². The molecule has 6 nitrogen and oxygen atoms in total. The lowest BCUT2D eigenvalue weighted by Gasteiger charge is -2.21. The number of rotatable bonds is 5. The van der Waals surface area contributed by atoms with Gasteiger partial charge in [0.05, 0.1) is 4.90 Å². The Balaban J connectivity index is 1.70. The van der Waals surface area contributed by atoms with Crippen LogP contribution in [0.2, 0.25) is 5.02 Å². The summed E-state index contributed by atoms with van der Waals surface area (Å²) in [6.45, 7) is 4.55. The molecule has 1 aliphatic heterocycles. The molecule has 2 aromatic carbocycles. The number of hydrogen-bond acceptors (Lipinski definition) is 4. The Hall–Kier alpha value is -2.45. The maximum atomic E-state index is 13.4. The van der Waals surface area contributed by atoms with E-state index in [1.807, 2.05) is 43.3 Å². The Kier molecular flexibility index (Phi) is 6.81. The van der Waals surface area contributed by atoms with Gasteiger partial charge in [0, 0.05) is 48.2 Å². The van der Waals surface area contributed by atoms with E-state index in [1.54, 1.807) is 29.0 Å². The topological polar surface area (TPSA) is 71.4 Å². The van der Waals surface area contributed by atoms with Gasteiger partial charge >= 0.3 is 0 Å². The first-order valence-corrected chi connectivity index (χ1v) is 12.5. The van der Waals surface area contributed by atoms with Gasteiger partial charge in [-0.2, -0.15) is 4.31 Å². The van der Waals surface area contributed by atoms with Crippen molar-refractivity contribution in [1.82, 2.24) is 14.2 Å². The van der Waals surface area contributed by atoms with E-state index in [4.69, 9.17) is 11.6 Å². The van der Waals surface area contributed by atoms with Crippen molar-refractivity contribution in [3.63, 3.8) is 0 Å². The van der Waals surface area contributed by atoms with Crippen molar-refractivity contribution in [1.29, 1.82) is 0 Å². The van der Waals surface area contributed by atoms with Crippen molar-refractivity contribution in [2.75, 3.05) is 26.2 Å². The van der Waals surface area contributed by atoms with E-state index < -0.39 is 10.0 Å². The molecule has 0 saturated carbocycles. The summed E-state index contributed by atoms with van der Waals surface area (Å²) in [5.41, 5.74) is 1.54. The van der Waals surface area contributed by atoms with Gasteiger partial charge in [-0.15, -0.1) is 0 Å². The molecule has 0 radical (unpaired) electrons. The first kappa shape index (κ1) is 22.7. The van der Waals surface area contributed by atoms with Crippen molar-refractivity contribution in [2.24, 2.45) is 0 Å². The first-order chi connectivity index (χ1) is 15.4. The van der Waals surface area contributed by atoms with Crippen LogP contribution < -0.4 is 10.9 Å². The normalized spacial score (nSPS) is 15.9. The number of aryl methyl sites for hydroxylation is 1. The molecule has 1 N–H and O–H groups in total. The molecule has 32 heavy (non-hydrogen) atoms. The predicted molar refractivity (Wildman–Crippen MR) is 130 cm³/mol. The van der Waals surface area contributed by atoms with Gasteiger partial charge in [0.2, 0.25) is 10.0 Å². The highest BCUT2D eigenvalue weighted by molar-refractivity contribution is 7.89. The van der Waals surface area contributed by atoms with Crippen LogP contribution in [0.25, 0.3) is 16.8 Å². The fourth-order valence-electron chi connectivity index (χ4n) is 4.05. The van der Waals surface area contributed by atoms with Crippen molar-refractivity contribution >= 4 is 38.5 Å². The highest BCUT2D eigenvalue weighted by Gasteiger charge is 2.28. The van der Waals surface area contributed by atoms with Gasteiger partial charge in [-0.05, 0) is 55.3 Å².